The molecule has 2 saturated heterocycles. The standard InChI is InChI=1S/C24H40N6O4/c31-21-19(12-7-13-25-21)28-22(32)20-16-29(23(33)26-17-8-3-1-4-9-17)14-15-30(20)24(34)27-18-10-5-2-6-11-18/h17-20H,1-16H2,(H,25,31)(H,26,33)(H,27,34)(H,28,32). The van der Waals surface area contributed by atoms with Crippen LogP contribution in [-0.2, 0) is 9.59 Å². The van der Waals surface area contributed by atoms with Crippen LogP contribution >= 0.6 is 0 Å². The number of nitrogens with zero attached hydrogens (tertiary/aromatic N) is 2. The second kappa shape index (κ2) is 11.8. The predicted octanol–water partition coefficient (Wildman–Crippen LogP) is 1.45. The summed E-state index contributed by atoms with van der Waals surface area (Å²) in [5.41, 5.74) is 0. The number of piperidine rings is 1. The number of carbonyl (C=O) groups excluding carboxylic acids is 4. The third kappa shape index (κ3) is 6.33. The van der Waals surface area contributed by atoms with E-state index in [1.165, 1.54) is 12.8 Å². The van der Waals surface area contributed by atoms with Crippen LogP contribution in [0.5, 0.6) is 0 Å². The summed E-state index contributed by atoms with van der Waals surface area (Å²) in [6.07, 6.45) is 12.1. The number of hydrogen-bond acceptors (Lipinski definition) is 4. The van der Waals surface area contributed by atoms with Crippen molar-refractivity contribution in [3.63, 3.8) is 0 Å². The average molecular weight is 477 g/mol. The van der Waals surface area contributed by atoms with Gasteiger partial charge in [-0.2, -0.15) is 0 Å². The fourth-order valence-corrected chi connectivity index (χ4v) is 5.63. The zero-order chi connectivity index (χ0) is 23.9. The molecule has 6 amide bonds. The Morgan fingerprint density at radius 2 is 1.35 bits per heavy atom. The maximum absolute atomic E-state index is 13.3. The van der Waals surface area contributed by atoms with Crippen molar-refractivity contribution in [3.05, 3.63) is 0 Å². The molecule has 2 aliphatic heterocycles. The molecular formula is C24H40N6O4. The number of nitrogens with one attached hydrogen (secondary N) is 4. The molecule has 10 nitrogen and oxygen atoms in total. The molecule has 0 radical (unpaired) electrons. The van der Waals surface area contributed by atoms with Crippen molar-refractivity contribution in [3.8, 4) is 0 Å². The largest absolute Gasteiger partial charge is 0.354 e. The molecule has 2 saturated carbocycles. The summed E-state index contributed by atoms with van der Waals surface area (Å²) in [5.74, 6) is -0.573. The van der Waals surface area contributed by atoms with Crippen molar-refractivity contribution < 1.29 is 19.2 Å². The number of hydrogen-bond donors (Lipinski definition) is 4. The highest BCUT2D eigenvalue weighted by molar-refractivity contribution is 5.93. The lowest BCUT2D eigenvalue weighted by Gasteiger charge is -2.42. The molecule has 4 fully saturated rings. The van der Waals surface area contributed by atoms with Gasteiger partial charge in [-0.15, -0.1) is 0 Å². The fourth-order valence-electron chi connectivity index (χ4n) is 5.63. The van der Waals surface area contributed by atoms with Gasteiger partial charge in [0.2, 0.25) is 11.8 Å². The Kier molecular flexibility index (Phi) is 8.50. The third-order valence-electron chi connectivity index (χ3n) is 7.70. The zero-order valence-electron chi connectivity index (χ0n) is 20.2. The Morgan fingerprint density at radius 3 is 1.97 bits per heavy atom. The molecule has 2 aliphatic carbocycles. The quantitative estimate of drug-likeness (QED) is 0.490. The molecule has 4 rings (SSSR count). The molecular weight excluding hydrogens is 436 g/mol. The first kappa shape index (κ1) is 24.6. The van der Waals surface area contributed by atoms with E-state index >= 15 is 0 Å². The van der Waals surface area contributed by atoms with Crippen molar-refractivity contribution in [2.75, 3.05) is 26.2 Å². The Morgan fingerprint density at radius 1 is 0.735 bits per heavy atom. The maximum Gasteiger partial charge on any atom is 0.318 e. The summed E-state index contributed by atoms with van der Waals surface area (Å²) in [5, 5.41) is 11.8. The van der Waals surface area contributed by atoms with Crippen LogP contribution < -0.4 is 21.3 Å². The second-order valence-corrected chi connectivity index (χ2v) is 10.2. The van der Waals surface area contributed by atoms with Gasteiger partial charge in [0, 0.05) is 31.7 Å². The third-order valence-corrected chi connectivity index (χ3v) is 7.70. The van der Waals surface area contributed by atoms with Crippen molar-refractivity contribution >= 4 is 23.9 Å². The minimum Gasteiger partial charge on any atom is -0.354 e. The van der Waals surface area contributed by atoms with Crippen LogP contribution in [0.3, 0.4) is 0 Å². The molecule has 0 aromatic rings. The lowest BCUT2D eigenvalue weighted by Crippen LogP contribution is -2.66. The fraction of sp³-hybridized carbons (Fsp3) is 0.833. The Hall–Kier alpha value is -2.52. The van der Waals surface area contributed by atoms with E-state index in [2.05, 4.69) is 21.3 Å². The first-order chi connectivity index (χ1) is 16.5. The maximum atomic E-state index is 13.3. The van der Waals surface area contributed by atoms with E-state index in [4.69, 9.17) is 0 Å². The van der Waals surface area contributed by atoms with Gasteiger partial charge in [-0.25, -0.2) is 9.59 Å². The van der Waals surface area contributed by atoms with Crippen LogP contribution in [0.4, 0.5) is 9.59 Å². The molecule has 0 bridgehead atoms. The molecule has 10 heteroatoms. The summed E-state index contributed by atoms with van der Waals surface area (Å²) in [6, 6.07) is -1.56. The molecule has 0 spiro atoms. The molecule has 2 atom stereocenters. The van der Waals surface area contributed by atoms with Gasteiger partial charge in [-0.05, 0) is 38.5 Å². The molecule has 34 heavy (non-hydrogen) atoms. The van der Waals surface area contributed by atoms with Crippen LogP contribution in [0, 0.1) is 0 Å². The number of rotatable bonds is 4. The molecule has 2 unspecified atom stereocenters. The summed E-state index contributed by atoms with van der Waals surface area (Å²) >= 11 is 0. The number of carbonyl (C=O) groups is 4. The topological polar surface area (TPSA) is 123 Å². The number of amides is 6. The summed E-state index contributed by atoms with van der Waals surface area (Å²) in [6.45, 7) is 1.40. The van der Waals surface area contributed by atoms with E-state index in [-0.39, 0.29) is 49.0 Å². The monoisotopic (exact) mass is 476 g/mol. The van der Waals surface area contributed by atoms with Crippen molar-refractivity contribution in [2.24, 2.45) is 0 Å². The van der Waals surface area contributed by atoms with Crippen molar-refractivity contribution in [1.29, 1.82) is 0 Å². The smallest absolute Gasteiger partial charge is 0.318 e. The summed E-state index contributed by atoms with van der Waals surface area (Å²) < 4.78 is 0. The van der Waals surface area contributed by atoms with Gasteiger partial charge >= 0.3 is 12.1 Å². The van der Waals surface area contributed by atoms with Crippen molar-refractivity contribution in [2.45, 2.75) is 101 Å². The Balaban J connectivity index is 1.41. The van der Waals surface area contributed by atoms with E-state index < -0.39 is 12.1 Å². The summed E-state index contributed by atoms with van der Waals surface area (Å²) in [4.78, 5) is 54.8. The van der Waals surface area contributed by atoms with Gasteiger partial charge in [0.15, 0.2) is 0 Å². The summed E-state index contributed by atoms with van der Waals surface area (Å²) in [7, 11) is 0. The van der Waals surface area contributed by atoms with Crippen LogP contribution in [0.1, 0.15) is 77.0 Å². The average Bonchev–Trinajstić information content (AvgIpc) is 2.86. The van der Waals surface area contributed by atoms with Gasteiger partial charge in [0.05, 0.1) is 6.54 Å². The van der Waals surface area contributed by atoms with Crippen molar-refractivity contribution in [1.82, 2.24) is 31.1 Å². The van der Waals surface area contributed by atoms with Gasteiger partial charge in [-0.1, -0.05) is 38.5 Å². The van der Waals surface area contributed by atoms with Crippen LogP contribution in [0.2, 0.25) is 0 Å². The molecule has 4 aliphatic rings. The highest BCUT2D eigenvalue weighted by atomic mass is 16.2. The Labute approximate surface area is 201 Å². The normalized spacial score (nSPS) is 27.0. The number of urea groups is 2. The molecule has 190 valence electrons. The lowest BCUT2D eigenvalue weighted by atomic mass is 9.95. The van der Waals surface area contributed by atoms with E-state index in [0.29, 0.717) is 19.5 Å². The van der Waals surface area contributed by atoms with Gasteiger partial charge in [0.1, 0.15) is 12.1 Å². The minimum absolute atomic E-state index is 0.122. The van der Waals surface area contributed by atoms with Crippen LogP contribution in [0.25, 0.3) is 0 Å². The lowest BCUT2D eigenvalue weighted by molar-refractivity contribution is -0.133. The van der Waals surface area contributed by atoms with E-state index in [0.717, 1.165) is 57.8 Å². The number of piperazine rings is 1. The van der Waals surface area contributed by atoms with E-state index in [1.807, 2.05) is 0 Å². The predicted molar refractivity (Wildman–Crippen MR) is 127 cm³/mol. The first-order valence-electron chi connectivity index (χ1n) is 13.2. The van der Waals surface area contributed by atoms with Crippen LogP contribution in [0.15, 0.2) is 0 Å². The zero-order valence-corrected chi connectivity index (χ0v) is 20.2. The SMILES string of the molecule is O=C1NCCCC1NC(=O)C1CN(C(=O)NC2CCCCC2)CCN1C(=O)NC1CCCCC1. The van der Waals surface area contributed by atoms with Gasteiger partial charge in [-0.3, -0.25) is 9.59 Å². The first-order valence-corrected chi connectivity index (χ1v) is 13.2. The van der Waals surface area contributed by atoms with Crippen LogP contribution in [-0.4, -0.2) is 84.0 Å². The van der Waals surface area contributed by atoms with Gasteiger partial charge < -0.3 is 31.1 Å². The highest BCUT2D eigenvalue weighted by Gasteiger charge is 2.39. The molecule has 0 aromatic heterocycles. The minimum atomic E-state index is -0.829. The molecule has 2 heterocycles. The Bertz CT molecular complexity index is 750. The second-order valence-electron chi connectivity index (χ2n) is 10.2. The van der Waals surface area contributed by atoms with Gasteiger partial charge in [0.25, 0.3) is 0 Å². The molecule has 4 N–H and O–H groups in total. The van der Waals surface area contributed by atoms with E-state index in [1.54, 1.807) is 9.80 Å². The highest BCUT2D eigenvalue weighted by Crippen LogP contribution is 2.20. The van der Waals surface area contributed by atoms with E-state index in [9.17, 15) is 19.2 Å². The molecule has 0 aromatic carbocycles.